The highest BCUT2D eigenvalue weighted by Crippen LogP contribution is 2.21. The number of alkyl halides is 3. The van der Waals surface area contributed by atoms with Gasteiger partial charge in [-0.1, -0.05) is 0 Å². The molecule has 0 bridgehead atoms. The van der Waals surface area contributed by atoms with Gasteiger partial charge in [0.25, 0.3) is 0 Å². The lowest BCUT2D eigenvalue weighted by Crippen LogP contribution is -2.42. The van der Waals surface area contributed by atoms with Gasteiger partial charge in [0.05, 0.1) is 0 Å². The van der Waals surface area contributed by atoms with E-state index in [4.69, 9.17) is 0 Å². The van der Waals surface area contributed by atoms with E-state index in [1.807, 2.05) is 0 Å². The first kappa shape index (κ1) is 13.3. The first-order chi connectivity index (χ1) is 7.42. The molecule has 1 rings (SSSR count). The number of nitrogens with zero attached hydrogens (tertiary/aromatic N) is 1. The number of hydrogen-bond acceptors (Lipinski definition) is 2. The Hall–Kier alpha value is -0.780. The fourth-order valence-corrected chi connectivity index (χ4v) is 1.87. The summed E-state index contributed by atoms with van der Waals surface area (Å²) in [5, 5.41) is 3.16. The minimum Gasteiger partial charge on any atom is -0.341 e. The van der Waals surface area contributed by atoms with Crippen molar-refractivity contribution in [3.05, 3.63) is 0 Å². The minimum atomic E-state index is -4.41. The Labute approximate surface area is 93.0 Å². The lowest BCUT2D eigenvalue weighted by atomic mass is 10.2. The maximum atomic E-state index is 12.1. The van der Waals surface area contributed by atoms with Crippen molar-refractivity contribution >= 4 is 5.91 Å². The summed E-state index contributed by atoms with van der Waals surface area (Å²) in [6.07, 6.45) is -3.81. The Kier molecular flexibility index (Phi) is 4.58. The summed E-state index contributed by atoms with van der Waals surface area (Å²) in [6, 6.07) is 0.150. The molecule has 1 amide bonds. The van der Waals surface area contributed by atoms with Gasteiger partial charge in [0.1, 0.15) is 6.42 Å². The summed E-state index contributed by atoms with van der Waals surface area (Å²) in [4.78, 5) is 12.6. The summed E-state index contributed by atoms with van der Waals surface area (Å²) in [7, 11) is 0. The monoisotopic (exact) mass is 238 g/mol. The van der Waals surface area contributed by atoms with Gasteiger partial charge in [-0.25, -0.2) is 0 Å². The Morgan fingerprint density at radius 3 is 2.62 bits per heavy atom. The smallest absolute Gasteiger partial charge is 0.341 e. The number of hydrogen-bond donors (Lipinski definition) is 1. The third-order valence-corrected chi connectivity index (χ3v) is 2.69. The Morgan fingerprint density at radius 1 is 1.50 bits per heavy atom. The zero-order valence-corrected chi connectivity index (χ0v) is 9.31. The molecule has 94 valence electrons. The van der Waals surface area contributed by atoms with Gasteiger partial charge >= 0.3 is 6.18 Å². The molecule has 0 radical (unpaired) electrons. The summed E-state index contributed by atoms with van der Waals surface area (Å²) in [5.74, 6) is -0.830. The van der Waals surface area contributed by atoms with E-state index >= 15 is 0 Å². The number of carbonyl (C=O) groups excluding carboxylic acids is 1. The van der Waals surface area contributed by atoms with E-state index in [2.05, 4.69) is 5.32 Å². The molecule has 1 atom stereocenters. The SMILES string of the molecule is CCN(CC1CCCN1)C(=O)CC(F)(F)F. The summed E-state index contributed by atoms with van der Waals surface area (Å²) < 4.78 is 36.2. The molecule has 1 N–H and O–H groups in total. The maximum Gasteiger partial charge on any atom is 0.397 e. The number of likely N-dealkylation sites (N-methyl/N-ethyl adjacent to an activating group) is 1. The summed E-state index contributed by atoms with van der Waals surface area (Å²) >= 11 is 0. The Bertz CT molecular complexity index is 237. The second kappa shape index (κ2) is 5.52. The van der Waals surface area contributed by atoms with E-state index in [0.717, 1.165) is 19.4 Å². The molecule has 0 spiro atoms. The van der Waals surface area contributed by atoms with Crippen LogP contribution in [0.1, 0.15) is 26.2 Å². The van der Waals surface area contributed by atoms with E-state index < -0.39 is 18.5 Å². The number of carbonyl (C=O) groups is 1. The van der Waals surface area contributed by atoms with Crippen LogP contribution in [0.2, 0.25) is 0 Å². The van der Waals surface area contributed by atoms with Crippen molar-refractivity contribution < 1.29 is 18.0 Å². The average Bonchev–Trinajstić information content (AvgIpc) is 2.63. The molecule has 1 heterocycles. The predicted octanol–water partition coefficient (Wildman–Crippen LogP) is 1.54. The van der Waals surface area contributed by atoms with Gasteiger partial charge in [-0.2, -0.15) is 13.2 Å². The Morgan fingerprint density at radius 2 is 2.19 bits per heavy atom. The van der Waals surface area contributed by atoms with Gasteiger partial charge in [0.2, 0.25) is 5.91 Å². The topological polar surface area (TPSA) is 32.3 Å². The van der Waals surface area contributed by atoms with Crippen molar-refractivity contribution in [1.29, 1.82) is 0 Å². The van der Waals surface area contributed by atoms with Crippen LogP contribution >= 0.6 is 0 Å². The van der Waals surface area contributed by atoms with Gasteiger partial charge in [-0.15, -0.1) is 0 Å². The van der Waals surface area contributed by atoms with Crippen LogP contribution in [0.4, 0.5) is 13.2 Å². The van der Waals surface area contributed by atoms with E-state index in [0.29, 0.717) is 13.1 Å². The lowest BCUT2D eigenvalue weighted by molar-refractivity contribution is -0.161. The van der Waals surface area contributed by atoms with Crippen molar-refractivity contribution in [3.8, 4) is 0 Å². The highest BCUT2D eigenvalue weighted by molar-refractivity contribution is 5.76. The second-order valence-electron chi connectivity index (χ2n) is 4.02. The summed E-state index contributed by atoms with van der Waals surface area (Å²) in [6.45, 7) is 3.29. The molecule has 3 nitrogen and oxygen atoms in total. The van der Waals surface area contributed by atoms with Crippen molar-refractivity contribution in [2.24, 2.45) is 0 Å². The molecule has 1 fully saturated rings. The number of rotatable bonds is 4. The van der Waals surface area contributed by atoms with E-state index in [9.17, 15) is 18.0 Å². The number of amides is 1. The highest BCUT2D eigenvalue weighted by Gasteiger charge is 2.33. The van der Waals surface area contributed by atoms with Gasteiger partial charge in [0, 0.05) is 19.1 Å². The van der Waals surface area contributed by atoms with Crippen molar-refractivity contribution in [2.75, 3.05) is 19.6 Å². The van der Waals surface area contributed by atoms with Crippen LogP contribution < -0.4 is 5.32 Å². The molecule has 0 saturated carbocycles. The minimum absolute atomic E-state index is 0.150. The van der Waals surface area contributed by atoms with Gasteiger partial charge < -0.3 is 10.2 Å². The highest BCUT2D eigenvalue weighted by atomic mass is 19.4. The first-order valence-electron chi connectivity index (χ1n) is 5.50. The molecule has 0 aromatic carbocycles. The Balaban J connectivity index is 2.43. The standard InChI is InChI=1S/C10H17F3N2O/c1-2-15(7-8-4-3-5-14-8)9(16)6-10(11,12)13/h8,14H,2-7H2,1H3. The van der Waals surface area contributed by atoms with Crippen LogP contribution in [0, 0.1) is 0 Å². The zero-order chi connectivity index (χ0) is 12.2. The molecule has 6 heteroatoms. The maximum absolute atomic E-state index is 12.1. The molecule has 0 aromatic rings. The van der Waals surface area contributed by atoms with Crippen molar-refractivity contribution in [1.82, 2.24) is 10.2 Å². The fraction of sp³-hybridized carbons (Fsp3) is 0.900. The first-order valence-corrected chi connectivity index (χ1v) is 5.50. The van der Waals surface area contributed by atoms with E-state index in [1.54, 1.807) is 6.92 Å². The van der Waals surface area contributed by atoms with E-state index in [-0.39, 0.29) is 6.04 Å². The van der Waals surface area contributed by atoms with Crippen LogP contribution in [-0.2, 0) is 4.79 Å². The van der Waals surface area contributed by atoms with Crippen molar-refractivity contribution in [3.63, 3.8) is 0 Å². The van der Waals surface area contributed by atoms with Crippen LogP contribution in [0.3, 0.4) is 0 Å². The molecule has 1 aliphatic rings. The van der Waals surface area contributed by atoms with Gasteiger partial charge in [-0.05, 0) is 26.3 Å². The largest absolute Gasteiger partial charge is 0.397 e. The van der Waals surface area contributed by atoms with Crippen LogP contribution in [-0.4, -0.2) is 42.7 Å². The van der Waals surface area contributed by atoms with Crippen molar-refractivity contribution in [2.45, 2.75) is 38.4 Å². The van der Waals surface area contributed by atoms with Gasteiger partial charge in [0.15, 0.2) is 0 Å². The average molecular weight is 238 g/mol. The lowest BCUT2D eigenvalue weighted by Gasteiger charge is -2.25. The predicted molar refractivity (Wildman–Crippen MR) is 54.0 cm³/mol. The normalized spacial score (nSPS) is 21.1. The number of halogens is 3. The molecule has 1 saturated heterocycles. The molecule has 1 unspecified atom stereocenters. The fourth-order valence-electron chi connectivity index (χ4n) is 1.87. The third kappa shape index (κ3) is 4.38. The molecule has 0 aliphatic carbocycles. The second-order valence-corrected chi connectivity index (χ2v) is 4.02. The zero-order valence-electron chi connectivity index (χ0n) is 9.31. The molecule has 1 aliphatic heterocycles. The molecule has 16 heavy (non-hydrogen) atoms. The van der Waals surface area contributed by atoms with Crippen LogP contribution in [0.5, 0.6) is 0 Å². The third-order valence-electron chi connectivity index (χ3n) is 2.69. The number of nitrogens with one attached hydrogen (secondary N) is 1. The molecular formula is C10H17F3N2O. The van der Waals surface area contributed by atoms with Crippen LogP contribution in [0.25, 0.3) is 0 Å². The quantitative estimate of drug-likeness (QED) is 0.805. The van der Waals surface area contributed by atoms with E-state index in [1.165, 1.54) is 4.90 Å². The van der Waals surface area contributed by atoms with Gasteiger partial charge in [-0.3, -0.25) is 4.79 Å². The summed E-state index contributed by atoms with van der Waals surface area (Å²) in [5.41, 5.74) is 0. The van der Waals surface area contributed by atoms with Crippen LogP contribution in [0.15, 0.2) is 0 Å². The molecule has 0 aromatic heterocycles. The molecular weight excluding hydrogens is 221 g/mol.